The van der Waals surface area contributed by atoms with Crippen molar-refractivity contribution in [1.82, 2.24) is 0 Å². The summed E-state index contributed by atoms with van der Waals surface area (Å²) in [6.45, 7) is 1.95. The monoisotopic (exact) mass is 338 g/mol. The van der Waals surface area contributed by atoms with Gasteiger partial charge in [-0.1, -0.05) is 39.7 Å². The summed E-state index contributed by atoms with van der Waals surface area (Å²) in [5, 5.41) is 0.417. The maximum Gasteiger partial charge on any atom is 0.161 e. The molecule has 0 N–H and O–H groups in total. The highest BCUT2D eigenvalue weighted by Gasteiger charge is 2.06. The Morgan fingerprint density at radius 1 is 1.21 bits per heavy atom. The van der Waals surface area contributed by atoms with Crippen LogP contribution in [-0.2, 0) is 6.61 Å². The number of benzene rings is 2. The van der Waals surface area contributed by atoms with Gasteiger partial charge in [0.1, 0.15) is 12.4 Å². The minimum absolute atomic E-state index is 0.0514. The minimum atomic E-state index is -0.0514. The number of hydrogen-bond acceptors (Lipinski definition) is 2. The average molecular weight is 340 g/mol. The van der Waals surface area contributed by atoms with Crippen molar-refractivity contribution >= 4 is 33.3 Å². The quantitative estimate of drug-likeness (QED) is 0.742. The lowest BCUT2D eigenvalue weighted by Gasteiger charge is -2.08. The van der Waals surface area contributed by atoms with Gasteiger partial charge in [-0.25, -0.2) is 0 Å². The van der Waals surface area contributed by atoms with Crippen LogP contribution in [0.2, 0.25) is 5.02 Å². The fourth-order valence-electron chi connectivity index (χ4n) is 1.62. The van der Waals surface area contributed by atoms with Gasteiger partial charge in [0.05, 0.1) is 5.02 Å². The second-order valence-corrected chi connectivity index (χ2v) is 5.44. The third-order valence-electron chi connectivity index (χ3n) is 2.64. The summed E-state index contributed by atoms with van der Waals surface area (Å²) in [6, 6.07) is 13.0. The van der Waals surface area contributed by atoms with Crippen LogP contribution in [0.3, 0.4) is 0 Å². The van der Waals surface area contributed by atoms with Gasteiger partial charge in [0, 0.05) is 10.0 Å². The molecule has 4 heteroatoms. The number of rotatable bonds is 4. The molecule has 0 aliphatic carbocycles. The van der Waals surface area contributed by atoms with Crippen LogP contribution in [0.1, 0.15) is 22.8 Å². The van der Waals surface area contributed by atoms with Gasteiger partial charge >= 0.3 is 0 Å². The fourth-order valence-corrected chi connectivity index (χ4v) is 2.19. The Balaban J connectivity index is 2.06. The molecule has 98 valence electrons. The van der Waals surface area contributed by atoms with E-state index in [4.69, 9.17) is 16.3 Å². The number of ether oxygens (including phenoxy) is 1. The molecule has 0 saturated carbocycles. The highest BCUT2D eigenvalue weighted by atomic mass is 79.9. The molecular formula is C15H12BrClO2. The molecule has 0 spiro atoms. The number of carbonyl (C=O) groups is 1. The summed E-state index contributed by atoms with van der Waals surface area (Å²) in [4.78, 5) is 11.3. The molecule has 0 aromatic heterocycles. The van der Waals surface area contributed by atoms with Crippen LogP contribution in [0.5, 0.6) is 5.75 Å². The van der Waals surface area contributed by atoms with Crippen LogP contribution in [0.15, 0.2) is 46.9 Å². The molecule has 0 unspecified atom stereocenters. The van der Waals surface area contributed by atoms with E-state index < -0.39 is 0 Å². The van der Waals surface area contributed by atoms with Gasteiger partial charge in [-0.2, -0.15) is 0 Å². The van der Waals surface area contributed by atoms with Gasteiger partial charge in [-0.15, -0.1) is 0 Å². The van der Waals surface area contributed by atoms with E-state index in [0.29, 0.717) is 22.9 Å². The van der Waals surface area contributed by atoms with E-state index in [1.807, 2.05) is 24.3 Å². The first kappa shape index (κ1) is 14.1. The fraction of sp³-hybridized carbons (Fsp3) is 0.133. The van der Waals surface area contributed by atoms with Crippen LogP contribution in [0.25, 0.3) is 0 Å². The molecule has 19 heavy (non-hydrogen) atoms. The number of carbonyl (C=O) groups excluding carboxylic acids is 1. The molecule has 0 fully saturated rings. The van der Waals surface area contributed by atoms with Gasteiger partial charge in [-0.05, 0) is 42.8 Å². The summed E-state index contributed by atoms with van der Waals surface area (Å²) in [6.07, 6.45) is 0. The molecule has 2 aromatic rings. The Hall–Kier alpha value is -1.32. The third kappa shape index (κ3) is 3.82. The zero-order valence-electron chi connectivity index (χ0n) is 10.3. The predicted molar refractivity (Wildman–Crippen MR) is 79.9 cm³/mol. The zero-order valence-corrected chi connectivity index (χ0v) is 12.7. The summed E-state index contributed by atoms with van der Waals surface area (Å²) in [5.41, 5.74) is 1.58. The lowest BCUT2D eigenvalue weighted by Crippen LogP contribution is -1.97. The topological polar surface area (TPSA) is 26.3 Å². The molecule has 0 bridgehead atoms. The van der Waals surface area contributed by atoms with Crippen LogP contribution >= 0.6 is 27.5 Å². The molecule has 0 aliphatic rings. The van der Waals surface area contributed by atoms with Gasteiger partial charge < -0.3 is 4.74 Å². The SMILES string of the molecule is CC(=O)c1ccc(OCc2ccc(Br)cc2)cc1Cl. The largest absolute Gasteiger partial charge is 0.489 e. The minimum Gasteiger partial charge on any atom is -0.489 e. The van der Waals surface area contributed by atoms with E-state index in [1.54, 1.807) is 18.2 Å². The predicted octanol–water partition coefficient (Wildman–Crippen LogP) is 4.88. The van der Waals surface area contributed by atoms with Crippen molar-refractivity contribution in [3.05, 3.63) is 63.1 Å². The molecule has 0 heterocycles. The van der Waals surface area contributed by atoms with Gasteiger partial charge in [0.25, 0.3) is 0 Å². The van der Waals surface area contributed by atoms with Crippen LogP contribution in [0.4, 0.5) is 0 Å². The van der Waals surface area contributed by atoms with E-state index >= 15 is 0 Å². The first-order chi connectivity index (χ1) is 9.06. The molecular weight excluding hydrogens is 328 g/mol. The van der Waals surface area contributed by atoms with E-state index in [9.17, 15) is 4.79 Å². The number of halogens is 2. The normalized spacial score (nSPS) is 10.3. The maximum absolute atomic E-state index is 11.3. The highest BCUT2D eigenvalue weighted by Crippen LogP contribution is 2.23. The Morgan fingerprint density at radius 2 is 1.89 bits per heavy atom. The second kappa shape index (κ2) is 6.22. The Bertz CT molecular complexity index is 594. The molecule has 2 nitrogen and oxygen atoms in total. The average Bonchev–Trinajstić information content (AvgIpc) is 2.37. The van der Waals surface area contributed by atoms with E-state index in [2.05, 4.69) is 15.9 Å². The Kier molecular flexibility index (Phi) is 4.61. The van der Waals surface area contributed by atoms with Gasteiger partial charge in [0.2, 0.25) is 0 Å². The van der Waals surface area contributed by atoms with E-state index in [-0.39, 0.29) is 5.78 Å². The Labute approximate surface area is 125 Å². The number of hydrogen-bond donors (Lipinski definition) is 0. The number of ketones is 1. The maximum atomic E-state index is 11.3. The van der Waals surface area contributed by atoms with Crippen LogP contribution in [-0.4, -0.2) is 5.78 Å². The van der Waals surface area contributed by atoms with Crippen LogP contribution < -0.4 is 4.74 Å². The molecule has 0 atom stereocenters. The molecule has 0 radical (unpaired) electrons. The van der Waals surface area contributed by atoms with Gasteiger partial charge in [-0.3, -0.25) is 4.79 Å². The highest BCUT2D eigenvalue weighted by molar-refractivity contribution is 9.10. The van der Waals surface area contributed by atoms with Crippen molar-refractivity contribution in [2.24, 2.45) is 0 Å². The van der Waals surface area contributed by atoms with Crippen molar-refractivity contribution in [3.8, 4) is 5.75 Å². The van der Waals surface area contributed by atoms with Crippen molar-refractivity contribution in [3.63, 3.8) is 0 Å². The standard InChI is InChI=1S/C15H12BrClO2/c1-10(18)14-7-6-13(8-15(14)17)19-9-11-2-4-12(16)5-3-11/h2-8H,9H2,1H3. The smallest absolute Gasteiger partial charge is 0.161 e. The molecule has 2 aromatic carbocycles. The van der Waals surface area contributed by atoms with Crippen molar-refractivity contribution in [2.75, 3.05) is 0 Å². The summed E-state index contributed by atoms with van der Waals surface area (Å²) < 4.78 is 6.67. The number of Topliss-reactive ketones (excluding diaryl/α,β-unsaturated/α-hetero) is 1. The summed E-state index contributed by atoms with van der Waals surface area (Å²) in [5.74, 6) is 0.599. The molecule has 0 saturated heterocycles. The van der Waals surface area contributed by atoms with Crippen molar-refractivity contribution < 1.29 is 9.53 Å². The third-order valence-corrected chi connectivity index (χ3v) is 3.48. The van der Waals surface area contributed by atoms with E-state index in [1.165, 1.54) is 6.92 Å². The Morgan fingerprint density at radius 3 is 2.47 bits per heavy atom. The first-order valence-corrected chi connectivity index (χ1v) is 6.91. The van der Waals surface area contributed by atoms with Crippen molar-refractivity contribution in [2.45, 2.75) is 13.5 Å². The second-order valence-electron chi connectivity index (χ2n) is 4.11. The van der Waals surface area contributed by atoms with Crippen molar-refractivity contribution in [1.29, 1.82) is 0 Å². The first-order valence-electron chi connectivity index (χ1n) is 5.74. The molecule has 2 rings (SSSR count). The summed E-state index contributed by atoms with van der Waals surface area (Å²) in [7, 11) is 0. The van der Waals surface area contributed by atoms with Gasteiger partial charge in [0.15, 0.2) is 5.78 Å². The molecule has 0 aliphatic heterocycles. The zero-order chi connectivity index (χ0) is 13.8. The lowest BCUT2D eigenvalue weighted by molar-refractivity contribution is 0.101. The summed E-state index contributed by atoms with van der Waals surface area (Å²) >= 11 is 9.40. The van der Waals surface area contributed by atoms with E-state index in [0.717, 1.165) is 10.0 Å². The molecule has 0 amide bonds. The lowest BCUT2D eigenvalue weighted by atomic mass is 10.1. The van der Waals surface area contributed by atoms with Crippen LogP contribution in [0, 0.1) is 0 Å².